The summed E-state index contributed by atoms with van der Waals surface area (Å²) < 4.78 is 26.9. The molecule has 4 nitrogen and oxygen atoms in total. The Kier molecular flexibility index (Phi) is 4.42. The fourth-order valence-corrected chi connectivity index (χ4v) is 3.53. The van der Waals surface area contributed by atoms with Gasteiger partial charge in [0.15, 0.2) is 0 Å². The van der Waals surface area contributed by atoms with Crippen LogP contribution in [0.15, 0.2) is 42.5 Å². The van der Waals surface area contributed by atoms with Gasteiger partial charge in [-0.2, -0.15) is 0 Å². The summed E-state index contributed by atoms with van der Waals surface area (Å²) in [6.45, 7) is 2.65. The summed E-state index contributed by atoms with van der Waals surface area (Å²) >= 11 is 0. The van der Waals surface area contributed by atoms with Gasteiger partial charge in [-0.15, -0.1) is 0 Å². The van der Waals surface area contributed by atoms with Gasteiger partial charge in [0.1, 0.15) is 11.6 Å². The van der Waals surface area contributed by atoms with Gasteiger partial charge < -0.3 is 10.6 Å². The number of aryl methyl sites for hydroxylation is 1. The van der Waals surface area contributed by atoms with Crippen LogP contribution in [-0.4, -0.2) is 29.0 Å². The standard InChI is InChI=1S/C21H22F2N4/c1-2-15-7-8-17(20(24)25-15)16-5-3-4-14-6-9-18(26-19(14)16)27-12-10-21(22,23)11-13-27/h3-9H,2,10-13H2,1H3,(H2,24,25). The average Bonchev–Trinajstić information content (AvgIpc) is 2.67. The lowest BCUT2D eigenvalue weighted by atomic mass is 10.0. The molecule has 3 heterocycles. The number of nitrogens with two attached hydrogens (primary N) is 1. The van der Waals surface area contributed by atoms with Gasteiger partial charge in [-0.25, -0.2) is 18.7 Å². The van der Waals surface area contributed by atoms with Crippen LogP contribution in [0, 0.1) is 0 Å². The Morgan fingerprint density at radius 3 is 2.48 bits per heavy atom. The number of halogens is 2. The van der Waals surface area contributed by atoms with Crippen molar-refractivity contribution in [1.29, 1.82) is 0 Å². The van der Waals surface area contributed by atoms with Crippen LogP contribution in [0.1, 0.15) is 25.5 Å². The summed E-state index contributed by atoms with van der Waals surface area (Å²) in [4.78, 5) is 11.2. The molecule has 1 aromatic carbocycles. The predicted molar refractivity (Wildman–Crippen MR) is 105 cm³/mol. The largest absolute Gasteiger partial charge is 0.383 e. The lowest BCUT2D eigenvalue weighted by molar-refractivity contribution is -0.0221. The van der Waals surface area contributed by atoms with Crippen LogP contribution < -0.4 is 10.6 Å². The van der Waals surface area contributed by atoms with Crippen LogP contribution in [-0.2, 0) is 6.42 Å². The SMILES string of the molecule is CCc1ccc(-c2cccc3ccc(N4CCC(F)(F)CC4)nc23)c(N)n1. The third-order valence-corrected chi connectivity index (χ3v) is 5.16. The van der Waals surface area contributed by atoms with Crippen LogP contribution in [0.5, 0.6) is 0 Å². The number of nitrogen functional groups attached to an aromatic ring is 1. The number of para-hydroxylation sites is 1. The maximum absolute atomic E-state index is 13.5. The minimum Gasteiger partial charge on any atom is -0.383 e. The summed E-state index contributed by atoms with van der Waals surface area (Å²) in [7, 11) is 0. The molecule has 1 fully saturated rings. The highest BCUT2D eigenvalue weighted by Crippen LogP contribution is 2.34. The summed E-state index contributed by atoms with van der Waals surface area (Å²) in [6, 6.07) is 13.8. The Labute approximate surface area is 157 Å². The number of hydrogen-bond acceptors (Lipinski definition) is 4. The molecule has 2 N–H and O–H groups in total. The predicted octanol–water partition coefficient (Wildman–Crippen LogP) is 4.68. The first kappa shape index (κ1) is 17.6. The van der Waals surface area contributed by atoms with E-state index < -0.39 is 5.92 Å². The topological polar surface area (TPSA) is 55.0 Å². The van der Waals surface area contributed by atoms with Gasteiger partial charge in [-0.3, -0.25) is 0 Å². The van der Waals surface area contributed by atoms with Crippen molar-refractivity contribution in [1.82, 2.24) is 9.97 Å². The molecule has 1 saturated heterocycles. The molecule has 0 bridgehead atoms. The van der Waals surface area contributed by atoms with Gasteiger partial charge in [0, 0.05) is 48.1 Å². The highest BCUT2D eigenvalue weighted by Gasteiger charge is 2.34. The van der Waals surface area contributed by atoms with Crippen molar-refractivity contribution in [3.8, 4) is 11.1 Å². The second kappa shape index (κ2) is 6.76. The Morgan fingerprint density at radius 2 is 1.78 bits per heavy atom. The van der Waals surface area contributed by atoms with E-state index in [9.17, 15) is 8.78 Å². The molecular formula is C21H22F2N4. The highest BCUT2D eigenvalue weighted by atomic mass is 19.3. The highest BCUT2D eigenvalue weighted by molar-refractivity contribution is 5.96. The summed E-state index contributed by atoms with van der Waals surface area (Å²) in [5.41, 5.74) is 9.70. The van der Waals surface area contributed by atoms with E-state index in [1.807, 2.05) is 54.3 Å². The fraction of sp³-hybridized carbons (Fsp3) is 0.333. The summed E-state index contributed by atoms with van der Waals surface area (Å²) in [5, 5.41) is 0.984. The van der Waals surface area contributed by atoms with E-state index >= 15 is 0 Å². The van der Waals surface area contributed by atoms with Crippen molar-refractivity contribution in [2.75, 3.05) is 23.7 Å². The van der Waals surface area contributed by atoms with E-state index in [1.165, 1.54) is 0 Å². The number of fused-ring (bicyclic) bond motifs is 1. The first-order valence-electron chi connectivity index (χ1n) is 9.25. The van der Waals surface area contributed by atoms with Crippen molar-refractivity contribution < 1.29 is 8.78 Å². The van der Waals surface area contributed by atoms with Gasteiger partial charge >= 0.3 is 0 Å². The molecule has 0 atom stereocenters. The summed E-state index contributed by atoms with van der Waals surface area (Å²) in [6.07, 6.45) is 0.551. The van der Waals surface area contributed by atoms with Crippen molar-refractivity contribution >= 4 is 22.5 Å². The first-order valence-corrected chi connectivity index (χ1v) is 9.25. The van der Waals surface area contributed by atoms with Crippen molar-refractivity contribution in [2.45, 2.75) is 32.1 Å². The van der Waals surface area contributed by atoms with Gasteiger partial charge in [-0.1, -0.05) is 25.1 Å². The van der Waals surface area contributed by atoms with Crippen LogP contribution >= 0.6 is 0 Å². The molecule has 3 aromatic rings. The fourth-order valence-electron chi connectivity index (χ4n) is 3.53. The molecule has 27 heavy (non-hydrogen) atoms. The first-order chi connectivity index (χ1) is 13.0. The number of rotatable bonds is 3. The Bertz CT molecular complexity index is 977. The average molecular weight is 368 g/mol. The third kappa shape index (κ3) is 3.44. The number of anilines is 2. The Balaban J connectivity index is 1.76. The van der Waals surface area contributed by atoms with E-state index in [1.54, 1.807) is 0 Å². The number of aromatic nitrogens is 2. The Morgan fingerprint density at radius 1 is 1.00 bits per heavy atom. The zero-order valence-electron chi connectivity index (χ0n) is 15.3. The number of benzene rings is 1. The number of nitrogens with zero attached hydrogens (tertiary/aromatic N) is 3. The molecule has 0 radical (unpaired) electrons. The molecule has 0 saturated carbocycles. The molecule has 140 valence electrons. The molecular weight excluding hydrogens is 346 g/mol. The molecule has 4 rings (SSSR count). The van der Waals surface area contributed by atoms with Crippen LogP contribution in [0.3, 0.4) is 0 Å². The minimum absolute atomic E-state index is 0.135. The third-order valence-electron chi connectivity index (χ3n) is 5.16. The zero-order chi connectivity index (χ0) is 19.0. The minimum atomic E-state index is -2.57. The van der Waals surface area contributed by atoms with Crippen LogP contribution in [0.2, 0.25) is 0 Å². The van der Waals surface area contributed by atoms with Crippen molar-refractivity contribution in [3.63, 3.8) is 0 Å². The quantitative estimate of drug-likeness (QED) is 0.729. The maximum Gasteiger partial charge on any atom is 0.251 e. The zero-order valence-corrected chi connectivity index (χ0v) is 15.3. The molecule has 2 aromatic heterocycles. The number of piperidine rings is 1. The van der Waals surface area contributed by atoms with E-state index in [-0.39, 0.29) is 12.8 Å². The summed E-state index contributed by atoms with van der Waals surface area (Å²) in [5.74, 6) is -1.37. The molecule has 6 heteroatoms. The number of hydrogen-bond donors (Lipinski definition) is 1. The van der Waals surface area contributed by atoms with Gasteiger partial charge in [0.2, 0.25) is 0 Å². The number of pyridine rings is 2. The second-order valence-electron chi connectivity index (χ2n) is 6.98. The van der Waals surface area contributed by atoms with Crippen molar-refractivity contribution in [3.05, 3.63) is 48.2 Å². The van der Waals surface area contributed by atoms with Gasteiger partial charge in [0.25, 0.3) is 5.92 Å². The van der Waals surface area contributed by atoms with E-state index in [0.29, 0.717) is 18.9 Å². The van der Waals surface area contributed by atoms with Crippen LogP contribution in [0.4, 0.5) is 20.4 Å². The van der Waals surface area contributed by atoms with E-state index in [2.05, 4.69) is 4.98 Å². The molecule has 0 amide bonds. The molecule has 0 unspecified atom stereocenters. The van der Waals surface area contributed by atoms with Crippen LogP contribution in [0.25, 0.3) is 22.0 Å². The molecule has 0 spiro atoms. The smallest absolute Gasteiger partial charge is 0.251 e. The number of alkyl halides is 2. The van der Waals surface area contributed by atoms with E-state index in [0.717, 1.165) is 40.0 Å². The Hall–Kier alpha value is -2.76. The van der Waals surface area contributed by atoms with Gasteiger partial charge in [-0.05, 0) is 30.7 Å². The molecule has 1 aliphatic rings. The van der Waals surface area contributed by atoms with Gasteiger partial charge in [0.05, 0.1) is 5.52 Å². The lowest BCUT2D eigenvalue weighted by Crippen LogP contribution is -2.39. The molecule has 1 aliphatic heterocycles. The molecule has 0 aliphatic carbocycles. The normalized spacial score (nSPS) is 16.6. The second-order valence-corrected chi connectivity index (χ2v) is 6.98. The van der Waals surface area contributed by atoms with E-state index in [4.69, 9.17) is 10.7 Å². The van der Waals surface area contributed by atoms with Crippen molar-refractivity contribution in [2.24, 2.45) is 0 Å². The lowest BCUT2D eigenvalue weighted by Gasteiger charge is -2.32. The monoisotopic (exact) mass is 368 g/mol. The maximum atomic E-state index is 13.5.